The number of fused-ring (bicyclic) bond motifs is 3. The van der Waals surface area contributed by atoms with E-state index in [9.17, 15) is 4.79 Å². The lowest BCUT2D eigenvalue weighted by molar-refractivity contribution is 0.101. The van der Waals surface area contributed by atoms with Crippen molar-refractivity contribution in [1.29, 1.82) is 0 Å². The molecule has 0 N–H and O–H groups in total. The first kappa shape index (κ1) is 12.6. The molecule has 0 saturated heterocycles. The fourth-order valence-electron chi connectivity index (χ4n) is 2.95. The molecule has 1 aromatic heterocycles. The Hall–Kier alpha value is -1.42. The number of hydrogen-bond acceptors (Lipinski definition) is 3. The number of rotatable bonds is 2. The number of aryl methyl sites for hydroxylation is 1. The van der Waals surface area contributed by atoms with Gasteiger partial charge in [0.2, 0.25) is 0 Å². The van der Waals surface area contributed by atoms with Gasteiger partial charge in [0.15, 0.2) is 5.78 Å². The Kier molecular flexibility index (Phi) is 3.05. The van der Waals surface area contributed by atoms with E-state index in [2.05, 4.69) is 24.5 Å². The summed E-state index contributed by atoms with van der Waals surface area (Å²) < 4.78 is 7.63. The minimum atomic E-state index is 0.234. The SMILES string of the molecule is CCn1c2c(c3c(OC)cccc31)C(C)SCC2=O. The fraction of sp³-hybridized carbons (Fsp3) is 0.400. The lowest BCUT2D eigenvalue weighted by Gasteiger charge is -2.19. The highest BCUT2D eigenvalue weighted by Gasteiger charge is 2.31. The largest absolute Gasteiger partial charge is 0.496 e. The molecule has 100 valence electrons. The summed E-state index contributed by atoms with van der Waals surface area (Å²) >= 11 is 1.71. The molecule has 0 bridgehead atoms. The van der Waals surface area contributed by atoms with Crippen LogP contribution in [0.5, 0.6) is 5.75 Å². The molecule has 0 radical (unpaired) electrons. The van der Waals surface area contributed by atoms with Crippen LogP contribution in [0.4, 0.5) is 0 Å². The van der Waals surface area contributed by atoms with Crippen LogP contribution >= 0.6 is 11.8 Å². The molecule has 0 saturated carbocycles. The minimum Gasteiger partial charge on any atom is -0.496 e. The zero-order chi connectivity index (χ0) is 13.6. The van der Waals surface area contributed by atoms with Crippen molar-refractivity contribution in [3.05, 3.63) is 29.5 Å². The summed E-state index contributed by atoms with van der Waals surface area (Å²) in [4.78, 5) is 12.3. The molecular formula is C15H17NO2S. The molecule has 2 heterocycles. The molecule has 4 heteroatoms. The van der Waals surface area contributed by atoms with Crippen LogP contribution in [0.25, 0.3) is 10.9 Å². The molecule has 19 heavy (non-hydrogen) atoms. The first-order chi connectivity index (χ1) is 9.19. The third kappa shape index (κ3) is 1.70. The lowest BCUT2D eigenvalue weighted by atomic mass is 10.0. The van der Waals surface area contributed by atoms with Gasteiger partial charge in [0.25, 0.3) is 0 Å². The fourth-order valence-corrected chi connectivity index (χ4v) is 3.88. The maximum atomic E-state index is 12.3. The molecule has 0 spiro atoms. The van der Waals surface area contributed by atoms with Gasteiger partial charge in [-0.2, -0.15) is 0 Å². The predicted molar refractivity (Wildman–Crippen MR) is 79.4 cm³/mol. The Labute approximate surface area is 116 Å². The molecule has 0 fully saturated rings. The minimum absolute atomic E-state index is 0.234. The maximum absolute atomic E-state index is 12.3. The van der Waals surface area contributed by atoms with Crippen molar-refractivity contribution in [1.82, 2.24) is 4.57 Å². The number of nitrogens with zero attached hydrogens (tertiary/aromatic N) is 1. The Morgan fingerprint density at radius 3 is 2.95 bits per heavy atom. The van der Waals surface area contributed by atoms with Crippen molar-refractivity contribution in [2.45, 2.75) is 25.6 Å². The Morgan fingerprint density at radius 2 is 2.26 bits per heavy atom. The van der Waals surface area contributed by atoms with E-state index in [1.54, 1.807) is 18.9 Å². The first-order valence-electron chi connectivity index (χ1n) is 6.53. The maximum Gasteiger partial charge on any atom is 0.189 e. The monoisotopic (exact) mass is 275 g/mol. The number of benzene rings is 1. The van der Waals surface area contributed by atoms with Crippen LogP contribution in [0.15, 0.2) is 18.2 Å². The summed E-state index contributed by atoms with van der Waals surface area (Å²) in [5.74, 6) is 1.67. The van der Waals surface area contributed by atoms with E-state index in [-0.39, 0.29) is 5.78 Å². The van der Waals surface area contributed by atoms with E-state index in [1.807, 2.05) is 12.1 Å². The van der Waals surface area contributed by atoms with Gasteiger partial charge < -0.3 is 9.30 Å². The van der Waals surface area contributed by atoms with Gasteiger partial charge in [0, 0.05) is 22.7 Å². The van der Waals surface area contributed by atoms with Crippen molar-refractivity contribution in [2.75, 3.05) is 12.9 Å². The van der Waals surface area contributed by atoms with Crippen LogP contribution in [-0.4, -0.2) is 23.2 Å². The molecular weight excluding hydrogens is 258 g/mol. The van der Waals surface area contributed by atoms with Gasteiger partial charge in [-0.05, 0) is 26.0 Å². The number of ketones is 1. The molecule has 1 aliphatic rings. The van der Waals surface area contributed by atoms with E-state index in [0.29, 0.717) is 11.0 Å². The molecule has 1 aromatic carbocycles. The van der Waals surface area contributed by atoms with Gasteiger partial charge in [-0.3, -0.25) is 4.79 Å². The number of carbonyl (C=O) groups excluding carboxylic acids is 1. The first-order valence-corrected chi connectivity index (χ1v) is 7.57. The summed E-state index contributed by atoms with van der Waals surface area (Å²) in [6.45, 7) is 5.06. The smallest absolute Gasteiger partial charge is 0.189 e. The second-order valence-corrected chi connectivity index (χ2v) is 6.07. The predicted octanol–water partition coefficient (Wildman–Crippen LogP) is 3.66. The Morgan fingerprint density at radius 1 is 1.47 bits per heavy atom. The van der Waals surface area contributed by atoms with E-state index in [4.69, 9.17) is 4.74 Å². The lowest BCUT2D eigenvalue weighted by Crippen LogP contribution is -2.17. The number of hydrogen-bond donors (Lipinski definition) is 0. The third-order valence-electron chi connectivity index (χ3n) is 3.76. The average molecular weight is 275 g/mol. The highest BCUT2D eigenvalue weighted by Crippen LogP contribution is 2.45. The number of carbonyl (C=O) groups is 1. The second kappa shape index (κ2) is 4.60. The number of Topliss-reactive ketones (excluding diaryl/α,β-unsaturated/α-hetero) is 1. The molecule has 0 amide bonds. The van der Waals surface area contributed by atoms with Gasteiger partial charge in [-0.1, -0.05) is 6.07 Å². The molecule has 1 aliphatic heterocycles. The highest BCUT2D eigenvalue weighted by molar-refractivity contribution is 8.00. The quantitative estimate of drug-likeness (QED) is 0.838. The van der Waals surface area contributed by atoms with Gasteiger partial charge in [-0.25, -0.2) is 0 Å². The van der Waals surface area contributed by atoms with Crippen LogP contribution in [0, 0.1) is 0 Å². The Bertz CT molecular complexity index is 660. The van der Waals surface area contributed by atoms with Gasteiger partial charge in [-0.15, -0.1) is 11.8 Å². The number of aromatic nitrogens is 1. The zero-order valence-electron chi connectivity index (χ0n) is 11.4. The van der Waals surface area contributed by atoms with Crippen molar-refractivity contribution in [2.24, 2.45) is 0 Å². The molecule has 3 rings (SSSR count). The molecule has 1 unspecified atom stereocenters. The van der Waals surface area contributed by atoms with E-state index >= 15 is 0 Å². The standard InChI is InChI=1S/C15H17NO2S/c1-4-16-10-6-5-7-12(18-3)14(10)13-9(2)19-8-11(17)15(13)16/h5-7,9H,4,8H2,1-3H3. The Balaban J connectivity index is 2.47. The van der Waals surface area contributed by atoms with Crippen LogP contribution in [0.3, 0.4) is 0 Å². The molecule has 3 nitrogen and oxygen atoms in total. The number of ether oxygens (including phenoxy) is 1. The van der Waals surface area contributed by atoms with Crippen LogP contribution in [0.1, 0.15) is 35.1 Å². The van der Waals surface area contributed by atoms with Gasteiger partial charge in [0.05, 0.1) is 24.1 Å². The summed E-state index contributed by atoms with van der Waals surface area (Å²) in [6, 6.07) is 6.03. The average Bonchev–Trinajstić information content (AvgIpc) is 2.78. The third-order valence-corrected chi connectivity index (χ3v) is 4.93. The van der Waals surface area contributed by atoms with E-state index in [0.717, 1.165) is 34.5 Å². The van der Waals surface area contributed by atoms with E-state index in [1.165, 1.54) is 0 Å². The highest BCUT2D eigenvalue weighted by atomic mass is 32.2. The van der Waals surface area contributed by atoms with Gasteiger partial charge >= 0.3 is 0 Å². The molecule has 1 atom stereocenters. The molecule has 2 aromatic rings. The number of thioether (sulfide) groups is 1. The number of methoxy groups -OCH3 is 1. The van der Waals surface area contributed by atoms with Crippen LogP contribution < -0.4 is 4.74 Å². The van der Waals surface area contributed by atoms with Crippen LogP contribution in [-0.2, 0) is 6.54 Å². The normalized spacial score (nSPS) is 18.7. The second-order valence-electron chi connectivity index (χ2n) is 4.74. The summed E-state index contributed by atoms with van der Waals surface area (Å²) in [6.07, 6.45) is 0. The van der Waals surface area contributed by atoms with Crippen molar-refractivity contribution >= 4 is 28.4 Å². The van der Waals surface area contributed by atoms with Crippen molar-refractivity contribution in [3.63, 3.8) is 0 Å². The summed E-state index contributed by atoms with van der Waals surface area (Å²) in [5, 5.41) is 1.44. The van der Waals surface area contributed by atoms with E-state index < -0.39 is 0 Å². The summed E-state index contributed by atoms with van der Waals surface area (Å²) in [7, 11) is 1.69. The summed E-state index contributed by atoms with van der Waals surface area (Å²) in [5.41, 5.74) is 3.14. The van der Waals surface area contributed by atoms with Crippen LogP contribution in [0.2, 0.25) is 0 Å². The zero-order valence-corrected chi connectivity index (χ0v) is 12.2. The van der Waals surface area contributed by atoms with Gasteiger partial charge in [0.1, 0.15) is 5.75 Å². The van der Waals surface area contributed by atoms with Crippen molar-refractivity contribution < 1.29 is 9.53 Å². The topological polar surface area (TPSA) is 31.2 Å². The van der Waals surface area contributed by atoms with Crippen molar-refractivity contribution in [3.8, 4) is 5.75 Å². The molecule has 0 aliphatic carbocycles.